The Bertz CT molecular complexity index is 575. The first-order valence-electron chi connectivity index (χ1n) is 4.59. The zero-order valence-electron chi connectivity index (χ0n) is 8.86. The number of carboxylic acid groups (broad SMARTS) is 1. The smallest absolute Gasteiger partial charge is 0.329 e. The monoisotopic (exact) mass is 249 g/mol. The molecule has 1 rings (SSSR count). The summed E-state index contributed by atoms with van der Waals surface area (Å²) in [5, 5.41) is 27.8. The van der Waals surface area contributed by atoms with Crippen LogP contribution in [-0.2, 0) is 4.79 Å². The van der Waals surface area contributed by atoms with Gasteiger partial charge in [0.15, 0.2) is 5.78 Å². The van der Waals surface area contributed by atoms with E-state index in [1.54, 1.807) is 0 Å². The van der Waals surface area contributed by atoms with E-state index >= 15 is 0 Å². The van der Waals surface area contributed by atoms with E-state index < -0.39 is 28.3 Å². The first-order chi connectivity index (χ1) is 8.38. The molecule has 18 heavy (non-hydrogen) atoms. The molecular formula is C10H7N3O5. The average Bonchev–Trinajstić information content (AvgIpc) is 2.29. The first kappa shape index (κ1) is 13.1. The average molecular weight is 249 g/mol. The highest BCUT2D eigenvalue weighted by atomic mass is 16.6. The number of anilines is 1. The van der Waals surface area contributed by atoms with Crippen LogP contribution >= 0.6 is 0 Å². The minimum absolute atomic E-state index is 0.118. The number of non-ortho nitro benzene ring substituents is 1. The Morgan fingerprint density at radius 2 is 2.11 bits per heavy atom. The molecule has 8 heteroatoms. The van der Waals surface area contributed by atoms with Gasteiger partial charge in [0.25, 0.3) is 5.69 Å². The van der Waals surface area contributed by atoms with Crippen LogP contribution < -0.4 is 5.73 Å². The fourth-order valence-electron chi connectivity index (χ4n) is 1.25. The van der Waals surface area contributed by atoms with Crippen molar-refractivity contribution in [3.05, 3.63) is 33.9 Å². The van der Waals surface area contributed by atoms with Crippen LogP contribution in [0.15, 0.2) is 18.2 Å². The number of nitrogen functional groups attached to an aromatic ring is 1. The maximum atomic E-state index is 11.7. The molecule has 0 saturated carbocycles. The van der Waals surface area contributed by atoms with Crippen molar-refractivity contribution < 1.29 is 19.6 Å². The number of nitro groups is 1. The Balaban J connectivity index is 3.28. The number of carbonyl (C=O) groups excluding carboxylic acids is 1. The Morgan fingerprint density at radius 3 is 2.56 bits per heavy atom. The van der Waals surface area contributed by atoms with Gasteiger partial charge >= 0.3 is 5.97 Å². The third-order valence-corrected chi connectivity index (χ3v) is 2.15. The highest BCUT2D eigenvalue weighted by molar-refractivity contribution is 6.12. The van der Waals surface area contributed by atoms with Crippen LogP contribution in [0.1, 0.15) is 10.4 Å². The fourth-order valence-corrected chi connectivity index (χ4v) is 1.25. The number of nitriles is 1. The Labute approximate surface area is 100 Å². The third kappa shape index (κ3) is 2.41. The van der Waals surface area contributed by atoms with E-state index in [1.165, 1.54) is 6.07 Å². The summed E-state index contributed by atoms with van der Waals surface area (Å²) in [5.74, 6) is -4.64. The van der Waals surface area contributed by atoms with Crippen LogP contribution in [0, 0.1) is 27.4 Å². The van der Waals surface area contributed by atoms with Crippen molar-refractivity contribution in [2.24, 2.45) is 5.92 Å². The highest BCUT2D eigenvalue weighted by Crippen LogP contribution is 2.22. The SMILES string of the molecule is N#CC(C(=O)O)C(=O)c1cc([N+](=O)[O-])ccc1N. The topological polar surface area (TPSA) is 147 Å². The number of carbonyl (C=O) groups is 2. The number of carboxylic acids is 1. The van der Waals surface area contributed by atoms with E-state index in [2.05, 4.69) is 0 Å². The maximum Gasteiger partial charge on any atom is 0.329 e. The summed E-state index contributed by atoms with van der Waals surface area (Å²) in [5.41, 5.74) is 4.56. The number of hydrogen-bond acceptors (Lipinski definition) is 6. The highest BCUT2D eigenvalue weighted by Gasteiger charge is 2.29. The van der Waals surface area contributed by atoms with Crippen molar-refractivity contribution in [1.82, 2.24) is 0 Å². The minimum Gasteiger partial charge on any atom is -0.480 e. The Kier molecular flexibility index (Phi) is 3.59. The zero-order valence-corrected chi connectivity index (χ0v) is 8.86. The summed E-state index contributed by atoms with van der Waals surface area (Å²) in [6.07, 6.45) is 0. The van der Waals surface area contributed by atoms with Gasteiger partial charge in [-0.3, -0.25) is 19.7 Å². The number of hydrogen-bond donors (Lipinski definition) is 2. The van der Waals surface area contributed by atoms with Crippen molar-refractivity contribution in [1.29, 1.82) is 5.26 Å². The van der Waals surface area contributed by atoms with Gasteiger partial charge in [0, 0.05) is 23.4 Å². The molecule has 0 saturated heterocycles. The van der Waals surface area contributed by atoms with E-state index in [1.807, 2.05) is 0 Å². The van der Waals surface area contributed by atoms with Crippen LogP contribution in [0.2, 0.25) is 0 Å². The quantitative estimate of drug-likeness (QED) is 0.260. The molecule has 1 unspecified atom stereocenters. The summed E-state index contributed by atoms with van der Waals surface area (Å²) < 4.78 is 0. The van der Waals surface area contributed by atoms with Crippen molar-refractivity contribution in [2.45, 2.75) is 0 Å². The second-order valence-electron chi connectivity index (χ2n) is 3.29. The van der Waals surface area contributed by atoms with Crippen molar-refractivity contribution >= 4 is 23.1 Å². The molecule has 3 N–H and O–H groups in total. The molecule has 0 spiro atoms. The lowest BCUT2D eigenvalue weighted by Crippen LogP contribution is -2.23. The molecule has 0 aliphatic heterocycles. The van der Waals surface area contributed by atoms with E-state index in [9.17, 15) is 19.7 Å². The molecule has 0 heterocycles. The van der Waals surface area contributed by atoms with E-state index in [0.29, 0.717) is 0 Å². The molecule has 1 atom stereocenters. The summed E-state index contributed by atoms with van der Waals surface area (Å²) in [6, 6.07) is 4.34. The Hall–Kier alpha value is -2.95. The van der Waals surface area contributed by atoms with Crippen molar-refractivity contribution in [2.75, 3.05) is 5.73 Å². The number of nitro benzene ring substituents is 1. The molecule has 0 radical (unpaired) electrons. The van der Waals surface area contributed by atoms with Gasteiger partial charge in [-0.25, -0.2) is 0 Å². The Morgan fingerprint density at radius 1 is 1.50 bits per heavy atom. The van der Waals surface area contributed by atoms with Crippen molar-refractivity contribution in [3.8, 4) is 6.07 Å². The molecule has 0 aromatic heterocycles. The van der Waals surface area contributed by atoms with E-state index in [-0.39, 0.29) is 11.3 Å². The van der Waals surface area contributed by atoms with Crippen molar-refractivity contribution in [3.63, 3.8) is 0 Å². The lowest BCUT2D eigenvalue weighted by Gasteiger charge is -2.06. The van der Waals surface area contributed by atoms with Gasteiger partial charge in [-0.05, 0) is 6.07 Å². The van der Waals surface area contributed by atoms with Gasteiger partial charge < -0.3 is 10.8 Å². The van der Waals surface area contributed by atoms with Crippen LogP contribution in [-0.4, -0.2) is 21.8 Å². The summed E-state index contributed by atoms with van der Waals surface area (Å²) in [7, 11) is 0. The molecule has 1 aromatic carbocycles. The van der Waals surface area contributed by atoms with Gasteiger partial charge in [0.05, 0.1) is 11.0 Å². The third-order valence-electron chi connectivity index (χ3n) is 2.15. The molecule has 0 aliphatic carbocycles. The second kappa shape index (κ2) is 4.92. The molecule has 1 aromatic rings. The van der Waals surface area contributed by atoms with Gasteiger partial charge in [0.1, 0.15) is 0 Å². The number of rotatable bonds is 4. The lowest BCUT2D eigenvalue weighted by atomic mass is 9.97. The van der Waals surface area contributed by atoms with Crippen LogP contribution in [0.4, 0.5) is 11.4 Å². The van der Waals surface area contributed by atoms with Gasteiger partial charge in [-0.15, -0.1) is 0 Å². The van der Waals surface area contributed by atoms with Gasteiger partial charge in [0.2, 0.25) is 5.92 Å². The molecule has 92 valence electrons. The summed E-state index contributed by atoms with van der Waals surface area (Å²) in [6.45, 7) is 0. The molecule has 0 amide bonds. The lowest BCUT2D eigenvalue weighted by molar-refractivity contribution is -0.384. The predicted octanol–water partition coefficient (Wildman–Crippen LogP) is 0.584. The number of ketones is 1. The molecule has 0 aliphatic rings. The number of Topliss-reactive ketones (excluding diaryl/α,β-unsaturated/α-hetero) is 1. The maximum absolute atomic E-state index is 11.7. The zero-order chi connectivity index (χ0) is 13.9. The standard InChI is InChI=1S/C10H7N3O5/c11-4-7(10(15)16)9(14)6-3-5(13(17)18)1-2-8(6)12/h1-3,7H,12H2,(H,15,16). The number of nitrogens with two attached hydrogens (primary N) is 1. The predicted molar refractivity (Wildman–Crippen MR) is 58.6 cm³/mol. The van der Waals surface area contributed by atoms with Crippen LogP contribution in [0.25, 0.3) is 0 Å². The number of aliphatic carboxylic acids is 1. The summed E-state index contributed by atoms with van der Waals surface area (Å²) >= 11 is 0. The normalized spacial score (nSPS) is 11.3. The summed E-state index contributed by atoms with van der Waals surface area (Å²) in [4.78, 5) is 32.1. The number of nitrogens with zero attached hydrogens (tertiary/aromatic N) is 2. The molecule has 0 bridgehead atoms. The first-order valence-corrected chi connectivity index (χ1v) is 4.59. The van der Waals surface area contributed by atoms with Gasteiger partial charge in [-0.1, -0.05) is 0 Å². The second-order valence-corrected chi connectivity index (χ2v) is 3.29. The van der Waals surface area contributed by atoms with Crippen LogP contribution in [0.3, 0.4) is 0 Å². The fraction of sp³-hybridized carbons (Fsp3) is 0.100. The van der Waals surface area contributed by atoms with E-state index in [4.69, 9.17) is 16.1 Å². The number of benzene rings is 1. The van der Waals surface area contributed by atoms with Gasteiger partial charge in [-0.2, -0.15) is 5.26 Å². The largest absolute Gasteiger partial charge is 0.480 e. The molecule has 0 fully saturated rings. The van der Waals surface area contributed by atoms with E-state index in [0.717, 1.165) is 18.2 Å². The van der Waals surface area contributed by atoms with Crippen LogP contribution in [0.5, 0.6) is 0 Å². The molecular weight excluding hydrogens is 242 g/mol. The minimum atomic E-state index is -1.94. The molecule has 8 nitrogen and oxygen atoms in total.